The second-order valence-electron chi connectivity index (χ2n) is 5.68. The summed E-state index contributed by atoms with van der Waals surface area (Å²) in [6, 6.07) is 9.26. The molecule has 1 aromatic carbocycles. The van der Waals surface area contributed by atoms with E-state index in [4.69, 9.17) is 9.47 Å². The zero-order valence-corrected chi connectivity index (χ0v) is 13.3. The Labute approximate surface area is 131 Å². The molecule has 0 saturated heterocycles. The summed E-state index contributed by atoms with van der Waals surface area (Å²) in [6.45, 7) is 0.337. The standard InChI is InChI=1S/C17H25NO4/c1-18(14-9-6-10-15(21-2)17(14)20)16(19)11-12-22-13-7-4-3-5-8-13/h3-5,7-8,14-15,17,20H,6,9-12H2,1-2H3/t14-,15-,17-/m1/s1. The van der Waals surface area contributed by atoms with Crippen molar-refractivity contribution >= 4 is 5.91 Å². The molecule has 0 spiro atoms. The minimum Gasteiger partial charge on any atom is -0.493 e. The van der Waals surface area contributed by atoms with E-state index >= 15 is 0 Å². The van der Waals surface area contributed by atoms with Crippen LogP contribution in [0.15, 0.2) is 30.3 Å². The molecule has 1 amide bonds. The Hall–Kier alpha value is -1.59. The van der Waals surface area contributed by atoms with E-state index in [1.807, 2.05) is 30.3 Å². The van der Waals surface area contributed by atoms with Crippen LogP contribution in [-0.2, 0) is 9.53 Å². The molecule has 2 rings (SSSR count). The van der Waals surface area contributed by atoms with Crippen LogP contribution in [0, 0.1) is 0 Å². The summed E-state index contributed by atoms with van der Waals surface area (Å²) in [5.74, 6) is 0.742. The Morgan fingerprint density at radius 2 is 2.05 bits per heavy atom. The first-order chi connectivity index (χ1) is 10.6. The van der Waals surface area contributed by atoms with Gasteiger partial charge in [0.1, 0.15) is 11.9 Å². The van der Waals surface area contributed by atoms with Crippen molar-refractivity contribution in [2.24, 2.45) is 0 Å². The van der Waals surface area contributed by atoms with Gasteiger partial charge in [0.25, 0.3) is 0 Å². The third-order valence-corrected chi connectivity index (χ3v) is 4.29. The van der Waals surface area contributed by atoms with E-state index in [2.05, 4.69) is 0 Å². The SMILES string of the molecule is CO[C@@H]1CCC[C@@H](N(C)C(=O)CCOc2ccccc2)[C@H]1O. The molecule has 1 saturated carbocycles. The lowest BCUT2D eigenvalue weighted by Gasteiger charge is -2.39. The molecule has 1 aliphatic carbocycles. The minimum atomic E-state index is -0.622. The normalized spacial score (nSPS) is 24.8. The molecule has 1 N–H and O–H groups in total. The molecular weight excluding hydrogens is 282 g/mol. The van der Waals surface area contributed by atoms with Gasteiger partial charge in [-0.3, -0.25) is 4.79 Å². The van der Waals surface area contributed by atoms with Crippen LogP contribution in [0.5, 0.6) is 5.75 Å². The van der Waals surface area contributed by atoms with Gasteiger partial charge < -0.3 is 19.5 Å². The lowest BCUT2D eigenvalue weighted by Crippen LogP contribution is -2.52. The van der Waals surface area contributed by atoms with Gasteiger partial charge in [0.15, 0.2) is 0 Å². The number of methoxy groups -OCH3 is 1. The molecule has 122 valence electrons. The van der Waals surface area contributed by atoms with Crippen LogP contribution in [-0.4, -0.2) is 54.9 Å². The van der Waals surface area contributed by atoms with Crippen molar-refractivity contribution in [2.45, 2.75) is 43.9 Å². The van der Waals surface area contributed by atoms with Crippen LogP contribution in [0.4, 0.5) is 0 Å². The summed E-state index contributed by atoms with van der Waals surface area (Å²) < 4.78 is 10.8. The van der Waals surface area contributed by atoms with Crippen molar-refractivity contribution < 1.29 is 19.4 Å². The van der Waals surface area contributed by atoms with Crippen LogP contribution >= 0.6 is 0 Å². The Morgan fingerprint density at radius 3 is 2.73 bits per heavy atom. The highest BCUT2D eigenvalue weighted by atomic mass is 16.5. The number of likely N-dealkylation sites (N-methyl/N-ethyl adjacent to an activating group) is 1. The van der Waals surface area contributed by atoms with E-state index < -0.39 is 6.10 Å². The second kappa shape index (κ2) is 8.15. The predicted octanol–water partition coefficient (Wildman–Crippen LogP) is 1.84. The maximum Gasteiger partial charge on any atom is 0.226 e. The molecule has 5 nitrogen and oxygen atoms in total. The summed E-state index contributed by atoms with van der Waals surface area (Å²) in [5, 5.41) is 10.3. The second-order valence-corrected chi connectivity index (χ2v) is 5.68. The van der Waals surface area contributed by atoms with Crippen molar-refractivity contribution in [3.63, 3.8) is 0 Å². The topological polar surface area (TPSA) is 59.0 Å². The van der Waals surface area contributed by atoms with Gasteiger partial charge in [0.2, 0.25) is 5.91 Å². The molecule has 0 aromatic heterocycles. The fraction of sp³-hybridized carbons (Fsp3) is 0.588. The molecule has 3 atom stereocenters. The van der Waals surface area contributed by atoms with Crippen molar-refractivity contribution in [2.75, 3.05) is 20.8 Å². The fourth-order valence-corrected chi connectivity index (χ4v) is 2.93. The number of benzene rings is 1. The average molecular weight is 307 g/mol. The summed E-state index contributed by atoms with van der Waals surface area (Å²) in [4.78, 5) is 13.9. The maximum atomic E-state index is 12.3. The molecule has 1 aliphatic rings. The van der Waals surface area contributed by atoms with Crippen molar-refractivity contribution in [3.05, 3.63) is 30.3 Å². The molecule has 0 heterocycles. The molecule has 1 aromatic rings. The summed E-state index contributed by atoms with van der Waals surface area (Å²) in [6.07, 6.45) is 2.10. The maximum absolute atomic E-state index is 12.3. The van der Waals surface area contributed by atoms with Crippen molar-refractivity contribution in [3.8, 4) is 5.75 Å². The zero-order valence-electron chi connectivity index (χ0n) is 13.3. The Balaban J connectivity index is 1.81. The molecule has 0 radical (unpaired) electrons. The largest absolute Gasteiger partial charge is 0.493 e. The van der Waals surface area contributed by atoms with E-state index in [1.54, 1.807) is 19.1 Å². The summed E-state index contributed by atoms with van der Waals surface area (Å²) in [7, 11) is 3.35. The fourth-order valence-electron chi connectivity index (χ4n) is 2.93. The first kappa shape index (κ1) is 16.8. The highest BCUT2D eigenvalue weighted by Crippen LogP contribution is 2.25. The van der Waals surface area contributed by atoms with Gasteiger partial charge in [-0.25, -0.2) is 0 Å². The third-order valence-electron chi connectivity index (χ3n) is 4.29. The number of aliphatic hydroxyl groups excluding tert-OH is 1. The Kier molecular flexibility index (Phi) is 6.21. The number of aliphatic hydroxyl groups is 1. The number of rotatable bonds is 6. The van der Waals surface area contributed by atoms with E-state index in [9.17, 15) is 9.90 Å². The number of carbonyl (C=O) groups excluding carboxylic acids is 1. The number of hydrogen-bond donors (Lipinski definition) is 1. The zero-order chi connectivity index (χ0) is 15.9. The third kappa shape index (κ3) is 4.21. The highest BCUT2D eigenvalue weighted by Gasteiger charge is 2.35. The van der Waals surface area contributed by atoms with Crippen LogP contribution in [0.1, 0.15) is 25.7 Å². The first-order valence-corrected chi connectivity index (χ1v) is 7.78. The van der Waals surface area contributed by atoms with Crippen molar-refractivity contribution in [1.82, 2.24) is 4.90 Å². The molecule has 5 heteroatoms. The van der Waals surface area contributed by atoms with Crippen LogP contribution < -0.4 is 4.74 Å². The average Bonchev–Trinajstić information content (AvgIpc) is 2.55. The molecule has 0 aliphatic heterocycles. The monoisotopic (exact) mass is 307 g/mol. The van der Waals surface area contributed by atoms with Gasteiger partial charge in [-0.05, 0) is 31.4 Å². The van der Waals surface area contributed by atoms with E-state index in [-0.39, 0.29) is 18.1 Å². The Bertz CT molecular complexity index is 465. The highest BCUT2D eigenvalue weighted by molar-refractivity contribution is 5.76. The van der Waals surface area contributed by atoms with Crippen LogP contribution in [0.3, 0.4) is 0 Å². The van der Waals surface area contributed by atoms with E-state index in [1.165, 1.54) is 0 Å². The quantitative estimate of drug-likeness (QED) is 0.871. The van der Waals surface area contributed by atoms with Crippen LogP contribution in [0.25, 0.3) is 0 Å². The van der Waals surface area contributed by atoms with Crippen molar-refractivity contribution in [1.29, 1.82) is 0 Å². The lowest BCUT2D eigenvalue weighted by molar-refractivity contribution is -0.140. The van der Waals surface area contributed by atoms with Gasteiger partial charge in [0.05, 0.1) is 25.2 Å². The van der Waals surface area contributed by atoms with E-state index in [0.29, 0.717) is 13.0 Å². The number of ether oxygens (including phenoxy) is 2. The summed E-state index contributed by atoms with van der Waals surface area (Å²) in [5.41, 5.74) is 0. The minimum absolute atomic E-state index is 0.0169. The molecule has 0 unspecified atom stereocenters. The predicted molar refractivity (Wildman–Crippen MR) is 83.8 cm³/mol. The number of nitrogens with zero attached hydrogens (tertiary/aromatic N) is 1. The molecule has 22 heavy (non-hydrogen) atoms. The summed E-state index contributed by atoms with van der Waals surface area (Å²) >= 11 is 0. The van der Waals surface area contributed by atoms with Gasteiger partial charge in [0, 0.05) is 14.2 Å². The molecule has 0 bridgehead atoms. The van der Waals surface area contributed by atoms with Gasteiger partial charge in [-0.2, -0.15) is 0 Å². The Morgan fingerprint density at radius 1 is 1.32 bits per heavy atom. The van der Waals surface area contributed by atoms with E-state index in [0.717, 1.165) is 25.0 Å². The number of hydrogen-bond acceptors (Lipinski definition) is 4. The van der Waals surface area contributed by atoms with Gasteiger partial charge in [-0.1, -0.05) is 18.2 Å². The molecule has 1 fully saturated rings. The lowest BCUT2D eigenvalue weighted by atomic mass is 9.89. The number of carbonyl (C=O) groups is 1. The number of amides is 1. The van der Waals surface area contributed by atoms with Crippen LogP contribution in [0.2, 0.25) is 0 Å². The number of para-hydroxylation sites is 1. The molecular formula is C17H25NO4. The first-order valence-electron chi connectivity index (χ1n) is 7.78. The van der Waals surface area contributed by atoms with Gasteiger partial charge >= 0.3 is 0 Å². The van der Waals surface area contributed by atoms with Gasteiger partial charge in [-0.15, -0.1) is 0 Å². The smallest absolute Gasteiger partial charge is 0.226 e.